The zero-order chi connectivity index (χ0) is 25.2. The van der Waals surface area contributed by atoms with Crippen molar-refractivity contribution in [1.82, 2.24) is 4.90 Å². The average Bonchev–Trinajstić information content (AvgIpc) is 3.44. The van der Waals surface area contributed by atoms with Crippen LogP contribution in [0.15, 0.2) is 24.3 Å². The van der Waals surface area contributed by atoms with Gasteiger partial charge in [-0.05, 0) is 115 Å². The van der Waals surface area contributed by atoms with E-state index in [1.165, 1.54) is 36.8 Å². The highest BCUT2D eigenvalue weighted by atomic mass is 16.3. The Hall–Kier alpha value is -1.39. The maximum atomic E-state index is 13.1. The topological polar surface area (TPSA) is 60.8 Å². The second-order valence-electron chi connectivity index (χ2n) is 14.0. The van der Waals surface area contributed by atoms with E-state index in [1.54, 1.807) is 0 Å². The van der Waals surface area contributed by atoms with E-state index in [4.69, 9.17) is 0 Å². The number of rotatable bonds is 4. The highest BCUT2D eigenvalue weighted by molar-refractivity contribution is 5.77. The molecule has 1 amide bonds. The maximum Gasteiger partial charge on any atom is 0.223 e. The van der Waals surface area contributed by atoms with Crippen LogP contribution in [0.2, 0.25) is 0 Å². The van der Waals surface area contributed by atoms with Crippen molar-refractivity contribution in [1.29, 1.82) is 0 Å². The zero-order valence-electron chi connectivity index (χ0n) is 22.7. The molecule has 198 valence electrons. The molecule has 10 atom stereocenters. The van der Waals surface area contributed by atoms with E-state index < -0.39 is 0 Å². The van der Waals surface area contributed by atoms with E-state index in [-0.39, 0.29) is 23.0 Å². The SMILES string of the molecule is C[C@H](CCC(=O)N1Cc2ccccc2C1)[C@H]1CC[C@H]2[C@H]3C(CC[C@]12C)[C@@]1(C)CC[C@@H](O)C[C@H]1C[C@H]3O. The summed E-state index contributed by atoms with van der Waals surface area (Å²) in [5, 5.41) is 21.8. The number of amides is 1. The number of nitrogens with zero attached hydrogens (tertiary/aromatic N) is 1. The summed E-state index contributed by atoms with van der Waals surface area (Å²) in [7, 11) is 0. The van der Waals surface area contributed by atoms with Gasteiger partial charge < -0.3 is 15.1 Å². The number of carbonyl (C=O) groups excluding carboxylic acids is 1. The molecule has 0 radical (unpaired) electrons. The molecule has 1 aromatic rings. The van der Waals surface area contributed by atoms with Crippen LogP contribution in [0.1, 0.15) is 96.1 Å². The number of carbonyl (C=O) groups is 1. The van der Waals surface area contributed by atoms with Crippen molar-refractivity contribution in [3.05, 3.63) is 35.4 Å². The van der Waals surface area contributed by atoms with Crippen LogP contribution in [0.4, 0.5) is 0 Å². The van der Waals surface area contributed by atoms with E-state index >= 15 is 0 Å². The summed E-state index contributed by atoms with van der Waals surface area (Å²) in [5.74, 6) is 3.60. The number of hydrogen-bond acceptors (Lipinski definition) is 3. The van der Waals surface area contributed by atoms with Crippen LogP contribution >= 0.6 is 0 Å². The first-order valence-electron chi connectivity index (χ1n) is 14.9. The summed E-state index contributed by atoms with van der Waals surface area (Å²) < 4.78 is 0. The number of aliphatic hydroxyl groups is 2. The molecule has 0 spiro atoms. The first-order valence-corrected chi connectivity index (χ1v) is 14.9. The van der Waals surface area contributed by atoms with Crippen LogP contribution in [-0.4, -0.2) is 33.2 Å². The first-order chi connectivity index (χ1) is 17.2. The van der Waals surface area contributed by atoms with E-state index in [0.29, 0.717) is 47.8 Å². The molecule has 2 N–H and O–H groups in total. The molecule has 0 aromatic heterocycles. The Kier molecular flexibility index (Phi) is 6.31. The van der Waals surface area contributed by atoms with E-state index in [9.17, 15) is 15.0 Å². The summed E-state index contributed by atoms with van der Waals surface area (Å²) >= 11 is 0. The molecule has 4 fully saturated rings. The van der Waals surface area contributed by atoms with Crippen LogP contribution in [0.25, 0.3) is 0 Å². The van der Waals surface area contributed by atoms with Gasteiger partial charge in [-0.15, -0.1) is 0 Å². The third kappa shape index (κ3) is 3.88. The summed E-state index contributed by atoms with van der Waals surface area (Å²) in [6, 6.07) is 8.45. The van der Waals surface area contributed by atoms with E-state index in [0.717, 1.165) is 45.2 Å². The fourth-order valence-electron chi connectivity index (χ4n) is 10.4. The van der Waals surface area contributed by atoms with Gasteiger partial charge in [-0.1, -0.05) is 45.0 Å². The first kappa shape index (κ1) is 24.9. The van der Waals surface area contributed by atoms with Gasteiger partial charge in [0.25, 0.3) is 0 Å². The minimum atomic E-state index is -0.213. The highest BCUT2D eigenvalue weighted by Gasteiger charge is 2.62. The number of benzene rings is 1. The molecular weight excluding hydrogens is 446 g/mol. The Morgan fingerprint density at radius 2 is 1.64 bits per heavy atom. The third-order valence-electron chi connectivity index (χ3n) is 12.4. The lowest BCUT2D eigenvalue weighted by Crippen LogP contribution is -2.58. The van der Waals surface area contributed by atoms with Gasteiger partial charge >= 0.3 is 0 Å². The summed E-state index contributed by atoms with van der Waals surface area (Å²) in [5.41, 5.74) is 3.17. The quantitative estimate of drug-likeness (QED) is 0.546. The second kappa shape index (κ2) is 9.12. The van der Waals surface area contributed by atoms with Crippen molar-refractivity contribution >= 4 is 5.91 Å². The Labute approximate surface area is 217 Å². The lowest BCUT2D eigenvalue weighted by molar-refractivity contribution is -0.174. The fourth-order valence-corrected chi connectivity index (χ4v) is 10.4. The summed E-state index contributed by atoms with van der Waals surface area (Å²) in [6.07, 6.45) is 10.1. The zero-order valence-corrected chi connectivity index (χ0v) is 22.7. The van der Waals surface area contributed by atoms with Crippen LogP contribution < -0.4 is 0 Å². The number of aliphatic hydroxyl groups excluding tert-OH is 2. The molecule has 1 unspecified atom stereocenters. The monoisotopic (exact) mass is 493 g/mol. The molecule has 4 aliphatic carbocycles. The molecule has 6 rings (SSSR count). The van der Waals surface area contributed by atoms with Crippen molar-refractivity contribution in [2.24, 2.45) is 46.3 Å². The van der Waals surface area contributed by atoms with Crippen molar-refractivity contribution in [2.75, 3.05) is 0 Å². The van der Waals surface area contributed by atoms with Crippen molar-refractivity contribution in [2.45, 2.75) is 110 Å². The predicted molar refractivity (Wildman–Crippen MR) is 142 cm³/mol. The minimum Gasteiger partial charge on any atom is -0.393 e. The molecule has 5 aliphatic rings. The number of fused-ring (bicyclic) bond motifs is 6. The molecule has 36 heavy (non-hydrogen) atoms. The Balaban J connectivity index is 1.11. The number of hydrogen-bond donors (Lipinski definition) is 2. The molecule has 0 saturated heterocycles. The molecule has 0 bridgehead atoms. The third-order valence-corrected chi connectivity index (χ3v) is 12.4. The van der Waals surface area contributed by atoms with Gasteiger partial charge in [-0.3, -0.25) is 4.79 Å². The van der Waals surface area contributed by atoms with Crippen LogP contribution in [-0.2, 0) is 17.9 Å². The van der Waals surface area contributed by atoms with Gasteiger partial charge in [0.2, 0.25) is 5.91 Å². The Bertz CT molecular complexity index is 968. The summed E-state index contributed by atoms with van der Waals surface area (Å²) in [4.78, 5) is 15.1. The molecule has 4 nitrogen and oxygen atoms in total. The molecule has 4 heteroatoms. The normalized spacial score (nSPS) is 44.4. The van der Waals surface area contributed by atoms with Gasteiger partial charge in [0, 0.05) is 19.5 Å². The molecule has 4 saturated carbocycles. The highest BCUT2D eigenvalue weighted by Crippen LogP contribution is 2.68. The minimum absolute atomic E-state index is 0.171. The van der Waals surface area contributed by atoms with Crippen molar-refractivity contribution < 1.29 is 15.0 Å². The van der Waals surface area contributed by atoms with Gasteiger partial charge in [0.05, 0.1) is 12.2 Å². The molecule has 1 heterocycles. The average molecular weight is 494 g/mol. The summed E-state index contributed by atoms with van der Waals surface area (Å²) in [6.45, 7) is 8.96. The maximum absolute atomic E-state index is 13.1. The predicted octanol–water partition coefficient (Wildman–Crippen LogP) is 5.94. The van der Waals surface area contributed by atoms with Gasteiger partial charge in [-0.2, -0.15) is 0 Å². The lowest BCUT2D eigenvalue weighted by Gasteiger charge is -2.62. The van der Waals surface area contributed by atoms with Crippen LogP contribution in [0.3, 0.4) is 0 Å². The van der Waals surface area contributed by atoms with Gasteiger partial charge in [-0.25, -0.2) is 0 Å². The van der Waals surface area contributed by atoms with E-state index in [1.807, 2.05) is 4.90 Å². The van der Waals surface area contributed by atoms with Gasteiger partial charge in [0.15, 0.2) is 0 Å². The molecule has 1 aromatic carbocycles. The molecule has 1 aliphatic heterocycles. The Morgan fingerprint density at radius 3 is 2.36 bits per heavy atom. The Morgan fingerprint density at radius 1 is 0.972 bits per heavy atom. The molecular formula is C32H47NO3. The smallest absolute Gasteiger partial charge is 0.223 e. The van der Waals surface area contributed by atoms with Gasteiger partial charge in [0.1, 0.15) is 0 Å². The lowest BCUT2D eigenvalue weighted by atomic mass is 9.43. The second-order valence-corrected chi connectivity index (χ2v) is 14.0. The standard InChI is InChI=1S/C32H47NO3/c1-20(8-11-29(36)33-18-21-6-4-5-7-22(21)19-33)25-9-10-26-30-27(13-15-32(25,26)3)31(2)14-12-24(34)16-23(31)17-28(30)35/h4-7,20,23-28,30,34-35H,8-19H2,1-3H3/t20-,23+,24-,25-,26+,27?,28-,30+,31+,32-/m1/s1. The van der Waals surface area contributed by atoms with E-state index in [2.05, 4.69) is 45.0 Å². The largest absolute Gasteiger partial charge is 0.393 e. The fraction of sp³-hybridized carbons (Fsp3) is 0.781. The van der Waals surface area contributed by atoms with Crippen molar-refractivity contribution in [3.63, 3.8) is 0 Å². The van der Waals surface area contributed by atoms with Crippen molar-refractivity contribution in [3.8, 4) is 0 Å². The van der Waals surface area contributed by atoms with Crippen LogP contribution in [0.5, 0.6) is 0 Å². The van der Waals surface area contributed by atoms with Crippen LogP contribution in [0, 0.1) is 46.3 Å².